The topological polar surface area (TPSA) is 57.5 Å². The van der Waals surface area contributed by atoms with Crippen LogP contribution in [0.4, 0.5) is 0 Å². The summed E-state index contributed by atoms with van der Waals surface area (Å²) in [7, 11) is 0. The van der Waals surface area contributed by atoms with Gasteiger partial charge in [-0.25, -0.2) is 0 Å². The molecule has 4 aliphatic carbocycles. The standard InChI is InChI=1S/C19H28O3/c1-18-8-7-14-12(13(18)5-6-17(18)22)4-3-11-9-15(20)16(21)10-19(11,14)2/h9,12-14,16-17,21-22H,3-8,10H2,1-2H3/t12?,13?,14?,16-,17+,18-,19-/m1/s1. The Bertz CT molecular complexity index is 539. The van der Waals surface area contributed by atoms with Gasteiger partial charge in [-0.3, -0.25) is 4.79 Å². The summed E-state index contributed by atoms with van der Waals surface area (Å²) < 4.78 is 0. The predicted octanol–water partition coefficient (Wildman–Crippen LogP) is 2.85. The highest BCUT2D eigenvalue weighted by Gasteiger charge is 2.59. The highest BCUT2D eigenvalue weighted by atomic mass is 16.3. The number of ketones is 1. The van der Waals surface area contributed by atoms with Gasteiger partial charge in [0.2, 0.25) is 0 Å². The van der Waals surface area contributed by atoms with Crippen molar-refractivity contribution in [1.29, 1.82) is 0 Å². The summed E-state index contributed by atoms with van der Waals surface area (Å²) in [6.45, 7) is 4.57. The van der Waals surface area contributed by atoms with Crippen molar-refractivity contribution in [1.82, 2.24) is 0 Å². The van der Waals surface area contributed by atoms with Crippen molar-refractivity contribution in [3.8, 4) is 0 Å². The lowest BCUT2D eigenvalue weighted by atomic mass is 9.47. The summed E-state index contributed by atoms with van der Waals surface area (Å²) in [6, 6.07) is 0. The number of hydrogen-bond acceptors (Lipinski definition) is 3. The molecule has 0 radical (unpaired) electrons. The SMILES string of the molecule is C[C@@]12C[C@@H](O)C(=O)C=C1CCC1C2CC[C@]2(C)C1CC[C@@H]2O. The molecule has 4 aliphatic rings. The molecule has 4 rings (SSSR count). The molecule has 3 unspecified atom stereocenters. The number of aliphatic hydroxyl groups excluding tert-OH is 2. The lowest BCUT2D eigenvalue weighted by Gasteiger charge is -2.58. The summed E-state index contributed by atoms with van der Waals surface area (Å²) in [5.74, 6) is 1.74. The molecule has 3 nitrogen and oxygen atoms in total. The van der Waals surface area contributed by atoms with Crippen LogP contribution in [0.15, 0.2) is 11.6 Å². The number of fused-ring (bicyclic) bond motifs is 5. The van der Waals surface area contributed by atoms with Gasteiger partial charge in [0.1, 0.15) is 6.10 Å². The highest BCUT2D eigenvalue weighted by molar-refractivity contribution is 5.95. The van der Waals surface area contributed by atoms with Crippen LogP contribution in [-0.4, -0.2) is 28.2 Å². The van der Waals surface area contributed by atoms with Gasteiger partial charge in [0, 0.05) is 0 Å². The number of carbonyl (C=O) groups excluding carboxylic acids is 1. The predicted molar refractivity (Wildman–Crippen MR) is 84.1 cm³/mol. The minimum atomic E-state index is -0.810. The average Bonchev–Trinajstić information content (AvgIpc) is 2.77. The summed E-state index contributed by atoms with van der Waals surface area (Å²) >= 11 is 0. The summed E-state index contributed by atoms with van der Waals surface area (Å²) in [6.07, 6.45) is 7.88. The van der Waals surface area contributed by atoms with Crippen LogP contribution in [0.5, 0.6) is 0 Å². The fourth-order valence-corrected chi connectivity index (χ4v) is 6.59. The Morgan fingerprint density at radius 3 is 2.64 bits per heavy atom. The monoisotopic (exact) mass is 304 g/mol. The summed E-state index contributed by atoms with van der Waals surface area (Å²) in [5, 5.41) is 20.6. The molecular formula is C19H28O3. The molecule has 0 bridgehead atoms. The molecule has 0 saturated heterocycles. The molecule has 3 heteroatoms. The molecule has 0 amide bonds. The first kappa shape index (κ1) is 14.9. The second-order valence-electron chi connectivity index (χ2n) is 8.76. The van der Waals surface area contributed by atoms with Crippen molar-refractivity contribution in [2.24, 2.45) is 28.6 Å². The van der Waals surface area contributed by atoms with E-state index in [1.54, 1.807) is 6.08 Å². The van der Waals surface area contributed by atoms with Crippen LogP contribution in [0, 0.1) is 28.6 Å². The molecule has 2 N–H and O–H groups in total. The molecule has 22 heavy (non-hydrogen) atoms. The van der Waals surface area contributed by atoms with Gasteiger partial charge < -0.3 is 10.2 Å². The Labute approximate surface area is 132 Å². The lowest BCUT2D eigenvalue weighted by Crippen LogP contribution is -2.52. The molecule has 0 spiro atoms. The van der Waals surface area contributed by atoms with Crippen molar-refractivity contribution >= 4 is 5.78 Å². The summed E-state index contributed by atoms with van der Waals surface area (Å²) in [5.41, 5.74) is 1.37. The van der Waals surface area contributed by atoms with E-state index in [9.17, 15) is 15.0 Å². The second kappa shape index (κ2) is 4.67. The molecule has 0 aromatic rings. The van der Waals surface area contributed by atoms with E-state index in [2.05, 4.69) is 13.8 Å². The molecule has 0 heterocycles. The Balaban J connectivity index is 1.70. The first-order chi connectivity index (χ1) is 10.4. The minimum Gasteiger partial charge on any atom is -0.393 e. The molecular weight excluding hydrogens is 276 g/mol. The smallest absolute Gasteiger partial charge is 0.184 e. The van der Waals surface area contributed by atoms with Crippen molar-refractivity contribution in [2.75, 3.05) is 0 Å². The molecule has 3 saturated carbocycles. The van der Waals surface area contributed by atoms with E-state index in [0.29, 0.717) is 24.2 Å². The third-order valence-electron chi connectivity index (χ3n) is 7.95. The van der Waals surface area contributed by atoms with E-state index in [0.717, 1.165) is 38.5 Å². The maximum absolute atomic E-state index is 11.9. The van der Waals surface area contributed by atoms with E-state index in [1.807, 2.05) is 0 Å². The molecule has 122 valence electrons. The second-order valence-corrected chi connectivity index (χ2v) is 8.76. The molecule has 0 aromatic heterocycles. The largest absolute Gasteiger partial charge is 0.393 e. The van der Waals surface area contributed by atoms with Crippen LogP contribution >= 0.6 is 0 Å². The van der Waals surface area contributed by atoms with Gasteiger partial charge in [0.05, 0.1) is 6.10 Å². The van der Waals surface area contributed by atoms with Crippen LogP contribution in [0.1, 0.15) is 58.8 Å². The first-order valence-electron chi connectivity index (χ1n) is 8.97. The number of hydrogen-bond donors (Lipinski definition) is 2. The van der Waals surface area contributed by atoms with E-state index in [1.165, 1.54) is 5.57 Å². The highest BCUT2D eigenvalue weighted by Crippen LogP contribution is 2.65. The van der Waals surface area contributed by atoms with E-state index < -0.39 is 6.10 Å². The fraction of sp³-hybridized carbons (Fsp3) is 0.842. The normalized spacial score (nSPS) is 54.3. The van der Waals surface area contributed by atoms with Crippen molar-refractivity contribution in [3.05, 3.63) is 11.6 Å². The van der Waals surface area contributed by atoms with Gasteiger partial charge in [-0.05, 0) is 79.6 Å². The third-order valence-corrected chi connectivity index (χ3v) is 7.95. The molecule has 3 fully saturated rings. The fourth-order valence-electron chi connectivity index (χ4n) is 6.59. The van der Waals surface area contributed by atoms with Gasteiger partial charge in [0.15, 0.2) is 5.78 Å². The van der Waals surface area contributed by atoms with E-state index in [4.69, 9.17) is 0 Å². The first-order valence-corrected chi connectivity index (χ1v) is 8.97. The Kier molecular flexibility index (Phi) is 3.16. The molecule has 0 aliphatic heterocycles. The van der Waals surface area contributed by atoms with Crippen molar-refractivity contribution < 1.29 is 15.0 Å². The van der Waals surface area contributed by atoms with Crippen LogP contribution < -0.4 is 0 Å². The van der Waals surface area contributed by atoms with Crippen LogP contribution in [0.25, 0.3) is 0 Å². The Hall–Kier alpha value is -0.670. The molecule has 7 atom stereocenters. The van der Waals surface area contributed by atoms with Gasteiger partial charge in [-0.2, -0.15) is 0 Å². The lowest BCUT2D eigenvalue weighted by molar-refractivity contribution is -0.128. The van der Waals surface area contributed by atoms with Crippen molar-refractivity contribution in [3.63, 3.8) is 0 Å². The van der Waals surface area contributed by atoms with Gasteiger partial charge in [-0.15, -0.1) is 0 Å². The number of aliphatic hydroxyl groups is 2. The number of carbonyl (C=O) groups is 1. The van der Waals surface area contributed by atoms with Crippen molar-refractivity contribution in [2.45, 2.75) is 71.0 Å². The zero-order valence-electron chi connectivity index (χ0n) is 13.7. The van der Waals surface area contributed by atoms with Gasteiger partial charge >= 0.3 is 0 Å². The molecule has 0 aromatic carbocycles. The maximum atomic E-state index is 11.9. The number of rotatable bonds is 0. The van der Waals surface area contributed by atoms with E-state index in [-0.39, 0.29) is 22.7 Å². The van der Waals surface area contributed by atoms with Crippen LogP contribution in [-0.2, 0) is 4.79 Å². The number of allylic oxidation sites excluding steroid dienone is 1. The maximum Gasteiger partial charge on any atom is 0.184 e. The van der Waals surface area contributed by atoms with Crippen LogP contribution in [0.3, 0.4) is 0 Å². The minimum absolute atomic E-state index is 0.00881. The quantitative estimate of drug-likeness (QED) is 0.723. The van der Waals surface area contributed by atoms with E-state index >= 15 is 0 Å². The average molecular weight is 304 g/mol. The Morgan fingerprint density at radius 2 is 1.86 bits per heavy atom. The third kappa shape index (κ3) is 1.78. The zero-order valence-corrected chi connectivity index (χ0v) is 13.7. The van der Waals surface area contributed by atoms with Gasteiger partial charge in [-0.1, -0.05) is 19.4 Å². The van der Waals surface area contributed by atoms with Gasteiger partial charge in [0.25, 0.3) is 0 Å². The zero-order chi connectivity index (χ0) is 15.7. The Morgan fingerprint density at radius 1 is 1.09 bits per heavy atom. The summed E-state index contributed by atoms with van der Waals surface area (Å²) in [4.78, 5) is 11.9. The van der Waals surface area contributed by atoms with Crippen LogP contribution in [0.2, 0.25) is 0 Å².